The van der Waals surface area contributed by atoms with Crippen LogP contribution in [0.5, 0.6) is 5.75 Å². The Morgan fingerprint density at radius 3 is 2.55 bits per heavy atom. The van der Waals surface area contributed by atoms with E-state index >= 15 is 0 Å². The van der Waals surface area contributed by atoms with Crippen LogP contribution in [0.1, 0.15) is 13.8 Å². The third kappa shape index (κ3) is 4.48. The maximum absolute atomic E-state index is 13.5. The van der Waals surface area contributed by atoms with Gasteiger partial charge in [-0.2, -0.15) is 8.78 Å². The molecular weight excluding hydrogens is 273 g/mol. The van der Waals surface area contributed by atoms with Gasteiger partial charge in [-0.15, -0.1) is 0 Å². The van der Waals surface area contributed by atoms with E-state index in [-0.39, 0.29) is 5.69 Å². The van der Waals surface area contributed by atoms with Gasteiger partial charge in [0.15, 0.2) is 11.6 Å². The zero-order valence-electron chi connectivity index (χ0n) is 11.5. The predicted molar refractivity (Wildman–Crippen MR) is 71.8 cm³/mol. The standard InChI is InChI=1S/C13H19F3N2O2/c1-3-18(5-6-19-4-2)11-8-12(20-13(15)16)9(14)7-10(11)17/h7-8,13H,3-6,17H2,1-2H3. The molecule has 0 atom stereocenters. The van der Waals surface area contributed by atoms with Crippen LogP contribution in [-0.2, 0) is 4.74 Å². The SMILES string of the molecule is CCOCCN(CC)c1cc(OC(F)F)c(F)cc1N. The Hall–Kier alpha value is -1.63. The van der Waals surface area contributed by atoms with Gasteiger partial charge in [-0.05, 0) is 13.8 Å². The summed E-state index contributed by atoms with van der Waals surface area (Å²) in [4.78, 5) is 1.81. The lowest BCUT2D eigenvalue weighted by Crippen LogP contribution is -2.28. The molecule has 1 rings (SSSR count). The molecular formula is C13H19F3N2O2. The molecule has 0 aliphatic heterocycles. The zero-order valence-corrected chi connectivity index (χ0v) is 11.5. The number of hydrogen-bond acceptors (Lipinski definition) is 4. The summed E-state index contributed by atoms with van der Waals surface area (Å²) in [5, 5.41) is 0. The van der Waals surface area contributed by atoms with Gasteiger partial charge in [-0.25, -0.2) is 4.39 Å². The summed E-state index contributed by atoms with van der Waals surface area (Å²) in [5.41, 5.74) is 6.35. The van der Waals surface area contributed by atoms with Crippen molar-refractivity contribution in [1.29, 1.82) is 0 Å². The molecule has 0 spiro atoms. The van der Waals surface area contributed by atoms with Gasteiger partial charge in [0, 0.05) is 31.8 Å². The van der Waals surface area contributed by atoms with Gasteiger partial charge in [0.05, 0.1) is 18.0 Å². The van der Waals surface area contributed by atoms with Crippen LogP contribution in [0.25, 0.3) is 0 Å². The highest BCUT2D eigenvalue weighted by Gasteiger charge is 2.16. The molecule has 114 valence electrons. The number of benzene rings is 1. The third-order valence-electron chi connectivity index (χ3n) is 2.73. The molecule has 2 N–H and O–H groups in total. The molecule has 0 saturated carbocycles. The summed E-state index contributed by atoms with van der Waals surface area (Å²) in [7, 11) is 0. The van der Waals surface area contributed by atoms with Crippen molar-refractivity contribution < 1.29 is 22.6 Å². The Balaban J connectivity index is 2.95. The molecule has 1 aromatic rings. The van der Waals surface area contributed by atoms with Crippen molar-refractivity contribution in [2.75, 3.05) is 36.9 Å². The maximum Gasteiger partial charge on any atom is 0.387 e. The minimum absolute atomic E-state index is 0.169. The smallest absolute Gasteiger partial charge is 0.387 e. The van der Waals surface area contributed by atoms with Crippen molar-refractivity contribution in [3.8, 4) is 5.75 Å². The molecule has 0 bridgehead atoms. The zero-order chi connectivity index (χ0) is 15.1. The van der Waals surface area contributed by atoms with E-state index in [1.165, 1.54) is 6.07 Å². The molecule has 0 heterocycles. The molecule has 0 fully saturated rings. The maximum atomic E-state index is 13.5. The first-order valence-electron chi connectivity index (χ1n) is 6.36. The second kappa shape index (κ2) is 7.84. The minimum atomic E-state index is -3.08. The molecule has 0 unspecified atom stereocenters. The van der Waals surface area contributed by atoms with Crippen molar-refractivity contribution in [2.45, 2.75) is 20.5 Å². The lowest BCUT2D eigenvalue weighted by atomic mass is 10.2. The van der Waals surface area contributed by atoms with Crippen molar-refractivity contribution >= 4 is 11.4 Å². The Labute approximate surface area is 116 Å². The molecule has 0 saturated heterocycles. The number of nitrogens with two attached hydrogens (primary N) is 1. The monoisotopic (exact) mass is 292 g/mol. The molecule has 0 aromatic heterocycles. The number of nitrogens with zero attached hydrogens (tertiary/aromatic N) is 1. The number of nitrogen functional groups attached to an aromatic ring is 1. The quantitative estimate of drug-likeness (QED) is 0.591. The van der Waals surface area contributed by atoms with Gasteiger partial charge in [-0.1, -0.05) is 0 Å². The molecule has 0 amide bonds. The van der Waals surface area contributed by atoms with Crippen molar-refractivity contribution in [1.82, 2.24) is 0 Å². The Kier molecular flexibility index (Phi) is 6.44. The largest absolute Gasteiger partial charge is 0.432 e. The van der Waals surface area contributed by atoms with Crippen LogP contribution in [0.4, 0.5) is 24.5 Å². The first kappa shape index (κ1) is 16.4. The average Bonchev–Trinajstić information content (AvgIpc) is 2.38. The highest BCUT2D eigenvalue weighted by Crippen LogP contribution is 2.31. The van der Waals surface area contributed by atoms with E-state index in [4.69, 9.17) is 10.5 Å². The number of rotatable bonds is 8. The number of likely N-dealkylation sites (N-methyl/N-ethyl adjacent to an activating group) is 1. The fourth-order valence-electron chi connectivity index (χ4n) is 1.79. The molecule has 4 nitrogen and oxygen atoms in total. The molecule has 1 aromatic carbocycles. The Bertz CT molecular complexity index is 430. The van der Waals surface area contributed by atoms with Gasteiger partial charge >= 0.3 is 6.61 Å². The summed E-state index contributed by atoms with van der Waals surface area (Å²) >= 11 is 0. The molecule has 0 aliphatic carbocycles. The highest BCUT2D eigenvalue weighted by molar-refractivity contribution is 5.70. The number of anilines is 2. The second-order valence-electron chi connectivity index (χ2n) is 4.00. The van der Waals surface area contributed by atoms with E-state index in [0.717, 1.165) is 6.07 Å². The minimum Gasteiger partial charge on any atom is -0.432 e. The van der Waals surface area contributed by atoms with Crippen LogP contribution < -0.4 is 15.4 Å². The first-order chi connectivity index (χ1) is 9.49. The Morgan fingerprint density at radius 1 is 1.30 bits per heavy atom. The third-order valence-corrected chi connectivity index (χ3v) is 2.73. The van der Waals surface area contributed by atoms with Crippen LogP contribution in [0.3, 0.4) is 0 Å². The number of ether oxygens (including phenoxy) is 2. The van der Waals surface area contributed by atoms with Crippen molar-refractivity contribution in [3.05, 3.63) is 17.9 Å². The summed E-state index contributed by atoms with van der Waals surface area (Å²) in [6.07, 6.45) is 0. The van der Waals surface area contributed by atoms with E-state index in [0.29, 0.717) is 32.0 Å². The molecule has 0 radical (unpaired) electrons. The normalized spacial score (nSPS) is 10.9. The van der Waals surface area contributed by atoms with Crippen LogP contribution in [0, 0.1) is 5.82 Å². The molecule has 7 heteroatoms. The van der Waals surface area contributed by atoms with Crippen molar-refractivity contribution in [2.24, 2.45) is 0 Å². The fraction of sp³-hybridized carbons (Fsp3) is 0.538. The highest BCUT2D eigenvalue weighted by atomic mass is 19.3. The van der Waals surface area contributed by atoms with Gasteiger partial charge < -0.3 is 20.1 Å². The van der Waals surface area contributed by atoms with Crippen LogP contribution >= 0.6 is 0 Å². The van der Waals surface area contributed by atoms with Gasteiger partial charge in [0.1, 0.15) is 0 Å². The summed E-state index contributed by atoms with van der Waals surface area (Å²) in [6.45, 7) is 2.81. The molecule has 0 aliphatic rings. The van der Waals surface area contributed by atoms with Crippen LogP contribution in [0.15, 0.2) is 12.1 Å². The average molecular weight is 292 g/mol. The van der Waals surface area contributed by atoms with Crippen LogP contribution in [-0.4, -0.2) is 32.9 Å². The van der Waals surface area contributed by atoms with Gasteiger partial charge in [-0.3, -0.25) is 0 Å². The van der Waals surface area contributed by atoms with E-state index in [9.17, 15) is 13.2 Å². The van der Waals surface area contributed by atoms with E-state index in [2.05, 4.69) is 4.74 Å². The van der Waals surface area contributed by atoms with E-state index in [1.54, 1.807) is 0 Å². The predicted octanol–water partition coefficient (Wildman–Crippen LogP) is 2.87. The van der Waals surface area contributed by atoms with Gasteiger partial charge in [0.2, 0.25) is 0 Å². The lowest BCUT2D eigenvalue weighted by Gasteiger charge is -2.25. The molecule has 20 heavy (non-hydrogen) atoms. The summed E-state index contributed by atoms with van der Waals surface area (Å²) < 4.78 is 47.3. The van der Waals surface area contributed by atoms with E-state index in [1.807, 2.05) is 18.7 Å². The Morgan fingerprint density at radius 2 is 2.00 bits per heavy atom. The number of alkyl halides is 2. The lowest BCUT2D eigenvalue weighted by molar-refractivity contribution is -0.0521. The van der Waals surface area contributed by atoms with Crippen LogP contribution in [0.2, 0.25) is 0 Å². The van der Waals surface area contributed by atoms with Crippen molar-refractivity contribution in [3.63, 3.8) is 0 Å². The first-order valence-corrected chi connectivity index (χ1v) is 6.36. The second-order valence-corrected chi connectivity index (χ2v) is 4.00. The number of hydrogen-bond donors (Lipinski definition) is 1. The topological polar surface area (TPSA) is 47.7 Å². The summed E-state index contributed by atoms with van der Waals surface area (Å²) in [5.74, 6) is -1.42. The van der Waals surface area contributed by atoms with Gasteiger partial charge in [0.25, 0.3) is 0 Å². The van der Waals surface area contributed by atoms with E-state index < -0.39 is 18.2 Å². The number of halogens is 3. The summed E-state index contributed by atoms with van der Waals surface area (Å²) in [6, 6.07) is 2.17. The fourth-order valence-corrected chi connectivity index (χ4v) is 1.79.